The molecule has 0 unspecified atom stereocenters. The zero-order valence-electron chi connectivity index (χ0n) is 9.38. The molecule has 1 heterocycles. The summed E-state index contributed by atoms with van der Waals surface area (Å²) in [6, 6.07) is 2.32. The van der Waals surface area contributed by atoms with Crippen molar-refractivity contribution in [3.05, 3.63) is 27.7 Å². The number of carboxylic acid groups (broad SMARTS) is 1. The van der Waals surface area contributed by atoms with Gasteiger partial charge in [-0.05, 0) is 12.1 Å². The highest BCUT2D eigenvalue weighted by molar-refractivity contribution is 7.89. The highest BCUT2D eigenvalue weighted by atomic mass is 35.5. The van der Waals surface area contributed by atoms with Crippen molar-refractivity contribution >= 4 is 39.2 Å². The van der Waals surface area contributed by atoms with Gasteiger partial charge in [-0.3, -0.25) is 0 Å². The number of nitrogens with zero attached hydrogens (tertiary/aromatic N) is 1. The maximum absolute atomic E-state index is 12.2. The smallest absolute Gasteiger partial charge is 0.338 e. The average Bonchev–Trinajstić information content (AvgIpc) is 2.23. The lowest BCUT2D eigenvalue weighted by atomic mass is 10.2. The van der Waals surface area contributed by atoms with Gasteiger partial charge in [-0.15, -0.1) is 0 Å². The molecule has 0 amide bonds. The Bertz CT molecular complexity index is 640. The van der Waals surface area contributed by atoms with Crippen molar-refractivity contribution in [1.29, 1.82) is 0 Å². The standard InChI is InChI=1S/C10H9Cl2NO5S/c11-6-1-2-7(9(12)8(6)10(15)16)19(17,18)13-3-5(14)4-13/h1-2,5,14H,3-4H2,(H,15,16). The van der Waals surface area contributed by atoms with E-state index in [4.69, 9.17) is 33.4 Å². The van der Waals surface area contributed by atoms with Crippen LogP contribution in [0.4, 0.5) is 0 Å². The van der Waals surface area contributed by atoms with Crippen LogP contribution in [0.25, 0.3) is 0 Å². The van der Waals surface area contributed by atoms with Crippen LogP contribution in [0.2, 0.25) is 10.0 Å². The highest BCUT2D eigenvalue weighted by Gasteiger charge is 2.37. The second kappa shape index (κ2) is 4.92. The Hall–Kier alpha value is -0.860. The molecule has 0 saturated carbocycles. The summed E-state index contributed by atoms with van der Waals surface area (Å²) in [5.74, 6) is -1.41. The first-order valence-corrected chi connectivity index (χ1v) is 7.34. The molecule has 0 aromatic heterocycles. The third kappa shape index (κ3) is 2.44. The molecule has 0 atom stereocenters. The molecule has 0 spiro atoms. The Morgan fingerprint density at radius 3 is 2.37 bits per heavy atom. The molecule has 2 rings (SSSR count). The summed E-state index contributed by atoms with van der Waals surface area (Å²) >= 11 is 11.5. The van der Waals surface area contributed by atoms with Crippen LogP contribution in [0.5, 0.6) is 0 Å². The number of hydrogen-bond acceptors (Lipinski definition) is 4. The molecule has 1 aromatic carbocycles. The predicted molar refractivity (Wildman–Crippen MR) is 68.2 cm³/mol. The quantitative estimate of drug-likeness (QED) is 0.866. The van der Waals surface area contributed by atoms with Crippen molar-refractivity contribution < 1.29 is 23.4 Å². The van der Waals surface area contributed by atoms with E-state index in [1.807, 2.05) is 0 Å². The van der Waals surface area contributed by atoms with E-state index in [2.05, 4.69) is 0 Å². The number of carbonyl (C=O) groups is 1. The number of aromatic carboxylic acids is 1. The number of halogens is 2. The van der Waals surface area contributed by atoms with Gasteiger partial charge < -0.3 is 10.2 Å². The lowest BCUT2D eigenvalue weighted by molar-refractivity contribution is 0.0547. The van der Waals surface area contributed by atoms with Gasteiger partial charge >= 0.3 is 5.97 Å². The van der Waals surface area contributed by atoms with E-state index in [-0.39, 0.29) is 23.0 Å². The van der Waals surface area contributed by atoms with Gasteiger partial charge in [0.2, 0.25) is 10.0 Å². The summed E-state index contributed by atoms with van der Waals surface area (Å²) in [6.45, 7) is -0.0760. The van der Waals surface area contributed by atoms with Crippen LogP contribution in [0.15, 0.2) is 17.0 Å². The molecular weight excluding hydrogens is 317 g/mol. The summed E-state index contributed by atoms with van der Waals surface area (Å²) in [4.78, 5) is 10.7. The van der Waals surface area contributed by atoms with Crippen molar-refractivity contribution in [2.75, 3.05) is 13.1 Å². The van der Waals surface area contributed by atoms with Crippen LogP contribution in [-0.2, 0) is 10.0 Å². The number of carboxylic acids is 1. The summed E-state index contributed by atoms with van der Waals surface area (Å²) in [5, 5.41) is 17.5. The minimum absolute atomic E-state index is 0.0380. The summed E-state index contributed by atoms with van der Waals surface area (Å²) in [7, 11) is -3.92. The fraction of sp³-hybridized carbons (Fsp3) is 0.300. The number of aliphatic hydroxyl groups excluding tert-OH is 1. The molecule has 0 bridgehead atoms. The van der Waals surface area contributed by atoms with Gasteiger partial charge in [0.05, 0.1) is 21.7 Å². The molecule has 0 radical (unpaired) electrons. The van der Waals surface area contributed by atoms with Gasteiger partial charge in [-0.25, -0.2) is 13.2 Å². The highest BCUT2D eigenvalue weighted by Crippen LogP contribution is 2.33. The molecule has 1 saturated heterocycles. The normalized spacial score (nSPS) is 17.2. The maximum Gasteiger partial charge on any atom is 0.338 e. The number of hydrogen-bond donors (Lipinski definition) is 2. The lowest BCUT2D eigenvalue weighted by Gasteiger charge is -2.34. The first-order valence-electron chi connectivity index (χ1n) is 5.14. The Labute approximate surface area is 119 Å². The maximum atomic E-state index is 12.2. The topological polar surface area (TPSA) is 94.9 Å². The molecule has 0 aliphatic carbocycles. The average molecular weight is 326 g/mol. The van der Waals surface area contributed by atoms with E-state index < -0.39 is 32.7 Å². The van der Waals surface area contributed by atoms with E-state index >= 15 is 0 Å². The molecule has 2 N–H and O–H groups in total. The predicted octanol–water partition coefficient (Wildman–Crippen LogP) is 1.06. The van der Waals surface area contributed by atoms with Crippen LogP contribution >= 0.6 is 23.2 Å². The van der Waals surface area contributed by atoms with Gasteiger partial charge in [0.15, 0.2) is 0 Å². The lowest BCUT2D eigenvalue weighted by Crippen LogP contribution is -2.53. The first kappa shape index (κ1) is 14.5. The number of sulfonamides is 1. The zero-order valence-corrected chi connectivity index (χ0v) is 11.7. The van der Waals surface area contributed by atoms with Gasteiger partial charge in [-0.2, -0.15) is 4.31 Å². The van der Waals surface area contributed by atoms with Gasteiger partial charge in [-0.1, -0.05) is 23.2 Å². The first-order chi connectivity index (χ1) is 8.75. The van der Waals surface area contributed by atoms with E-state index in [0.717, 1.165) is 10.4 Å². The van der Waals surface area contributed by atoms with E-state index in [9.17, 15) is 13.2 Å². The van der Waals surface area contributed by atoms with E-state index in [1.165, 1.54) is 6.07 Å². The van der Waals surface area contributed by atoms with Gasteiger partial charge in [0, 0.05) is 13.1 Å². The van der Waals surface area contributed by atoms with E-state index in [1.54, 1.807) is 0 Å². The SMILES string of the molecule is O=C(O)c1c(Cl)ccc(S(=O)(=O)N2CC(O)C2)c1Cl. The second-order valence-electron chi connectivity index (χ2n) is 4.02. The Kier molecular flexibility index (Phi) is 3.76. The minimum atomic E-state index is -3.92. The second-order valence-corrected chi connectivity index (χ2v) is 6.71. The van der Waals surface area contributed by atoms with Gasteiger partial charge in [0.25, 0.3) is 0 Å². The third-order valence-corrected chi connectivity index (χ3v) is 5.41. The summed E-state index contributed by atoms with van der Waals surface area (Å²) in [5.41, 5.74) is -0.453. The van der Waals surface area contributed by atoms with Crippen LogP contribution < -0.4 is 0 Å². The zero-order chi connectivity index (χ0) is 14.4. The molecule has 1 aromatic rings. The molecule has 6 nitrogen and oxygen atoms in total. The monoisotopic (exact) mass is 325 g/mol. The van der Waals surface area contributed by atoms with Crippen molar-refractivity contribution in [2.24, 2.45) is 0 Å². The van der Waals surface area contributed by atoms with Crippen LogP contribution in [-0.4, -0.2) is 48.1 Å². The van der Waals surface area contributed by atoms with Crippen molar-refractivity contribution in [2.45, 2.75) is 11.0 Å². The number of benzene rings is 1. The Balaban J connectivity index is 2.52. The Morgan fingerprint density at radius 2 is 1.89 bits per heavy atom. The fourth-order valence-corrected chi connectivity index (χ4v) is 4.09. The van der Waals surface area contributed by atoms with Crippen molar-refractivity contribution in [3.63, 3.8) is 0 Å². The molecule has 1 fully saturated rings. The van der Waals surface area contributed by atoms with Crippen LogP contribution in [0.1, 0.15) is 10.4 Å². The number of β-amino-alcohol motifs (C(OH)–C–C–N with tert-alkyl or cyclic N) is 1. The van der Waals surface area contributed by atoms with Crippen molar-refractivity contribution in [3.8, 4) is 0 Å². The molecule has 1 aliphatic heterocycles. The van der Waals surface area contributed by atoms with Crippen molar-refractivity contribution in [1.82, 2.24) is 4.31 Å². The molecule has 9 heteroatoms. The van der Waals surface area contributed by atoms with E-state index in [0.29, 0.717) is 0 Å². The number of aliphatic hydroxyl groups is 1. The van der Waals surface area contributed by atoms with Crippen LogP contribution in [0, 0.1) is 0 Å². The largest absolute Gasteiger partial charge is 0.478 e. The molecule has 1 aliphatic rings. The van der Waals surface area contributed by atoms with Gasteiger partial charge in [0.1, 0.15) is 4.90 Å². The fourth-order valence-electron chi connectivity index (χ4n) is 1.68. The Morgan fingerprint density at radius 1 is 1.32 bits per heavy atom. The molecule has 104 valence electrons. The number of rotatable bonds is 3. The summed E-state index contributed by atoms with van der Waals surface area (Å²) < 4.78 is 25.3. The third-order valence-electron chi connectivity index (χ3n) is 2.72. The molecular formula is C10H9Cl2NO5S. The van der Waals surface area contributed by atoms with Crippen LogP contribution in [0.3, 0.4) is 0 Å². The summed E-state index contributed by atoms with van der Waals surface area (Å²) in [6.07, 6.45) is -0.709. The minimum Gasteiger partial charge on any atom is -0.478 e. The molecule has 19 heavy (non-hydrogen) atoms.